The molecule has 7 heteroatoms. The molecule has 0 saturated carbocycles. The molecule has 0 aliphatic carbocycles. The predicted octanol–water partition coefficient (Wildman–Crippen LogP) is 3.40. The van der Waals surface area contributed by atoms with Crippen molar-refractivity contribution < 1.29 is 24.1 Å². The Kier molecular flexibility index (Phi) is 8.91. The highest BCUT2D eigenvalue weighted by atomic mass is 32.2. The van der Waals surface area contributed by atoms with Crippen molar-refractivity contribution in [3.63, 3.8) is 0 Å². The number of hydrogen-bond donors (Lipinski definition) is 1. The quantitative estimate of drug-likeness (QED) is 0.249. The van der Waals surface area contributed by atoms with E-state index in [2.05, 4.69) is 4.99 Å². The number of aliphatic hydroxyl groups is 1. The van der Waals surface area contributed by atoms with E-state index in [1.165, 1.54) is 18.7 Å². The number of methoxy groups -OCH3 is 2. The second-order valence-corrected chi connectivity index (χ2v) is 5.81. The predicted molar refractivity (Wildman–Crippen MR) is 101 cm³/mol. The smallest absolute Gasteiger partial charge is 0.344 e. The van der Waals surface area contributed by atoms with Crippen LogP contribution in [0, 0.1) is 0 Å². The van der Waals surface area contributed by atoms with E-state index >= 15 is 0 Å². The van der Waals surface area contributed by atoms with Gasteiger partial charge < -0.3 is 19.3 Å². The molecule has 0 aliphatic rings. The van der Waals surface area contributed by atoms with Crippen LogP contribution in [0.5, 0.6) is 11.5 Å². The van der Waals surface area contributed by atoms with Crippen molar-refractivity contribution in [3.8, 4) is 11.5 Å². The zero-order chi connectivity index (χ0) is 18.8. The summed E-state index contributed by atoms with van der Waals surface area (Å²) in [5.41, 5.74) is 1.14. The number of aliphatic imine (C=N–C) groups is 1. The van der Waals surface area contributed by atoms with Crippen molar-refractivity contribution in [2.45, 2.75) is 20.3 Å². The molecule has 0 amide bonds. The third kappa shape index (κ3) is 6.01. The molecule has 1 aromatic carbocycles. The van der Waals surface area contributed by atoms with Crippen LogP contribution in [0.3, 0.4) is 0 Å². The van der Waals surface area contributed by atoms with Crippen LogP contribution in [0.15, 0.2) is 34.5 Å². The molecule has 138 valence electrons. The monoisotopic (exact) mass is 367 g/mol. The Morgan fingerprint density at radius 2 is 1.92 bits per heavy atom. The number of benzene rings is 1. The van der Waals surface area contributed by atoms with E-state index in [0.717, 1.165) is 5.56 Å². The van der Waals surface area contributed by atoms with Gasteiger partial charge in [0.05, 0.1) is 20.8 Å². The molecule has 0 saturated heterocycles. The van der Waals surface area contributed by atoms with Gasteiger partial charge in [-0.1, -0.05) is 6.07 Å². The molecule has 0 unspecified atom stereocenters. The molecule has 1 N–H and O–H groups in total. The maximum absolute atomic E-state index is 12.0. The normalized spacial score (nSPS) is 12.4. The number of nitrogens with zero attached hydrogens (tertiary/aromatic N) is 1. The van der Waals surface area contributed by atoms with E-state index < -0.39 is 5.97 Å². The Balaban J connectivity index is 2.91. The van der Waals surface area contributed by atoms with Gasteiger partial charge in [0.1, 0.15) is 16.4 Å². The number of allylic oxidation sites excluding steroid dienone is 1. The van der Waals surface area contributed by atoms with Gasteiger partial charge in [-0.15, -0.1) is 11.8 Å². The van der Waals surface area contributed by atoms with E-state index in [1.807, 2.05) is 18.2 Å². The molecular formula is C18H25NO5S. The summed E-state index contributed by atoms with van der Waals surface area (Å²) < 4.78 is 15.5. The van der Waals surface area contributed by atoms with Crippen LogP contribution >= 0.6 is 11.8 Å². The molecule has 1 aromatic rings. The van der Waals surface area contributed by atoms with Crippen molar-refractivity contribution in [1.82, 2.24) is 0 Å². The standard InChI is InChI=1S/C18H25NO5S/c1-6-24-18(21)16(12(2)20)17(25-5)19-10-9-13-7-8-14(22-3)15(11-13)23-4/h7-8,11,20H,6,9-10H2,1-5H3/b16-12+,19-17?. The van der Waals surface area contributed by atoms with Gasteiger partial charge in [0.25, 0.3) is 0 Å². The summed E-state index contributed by atoms with van der Waals surface area (Å²) in [6, 6.07) is 5.68. The van der Waals surface area contributed by atoms with Gasteiger partial charge in [-0.3, -0.25) is 4.99 Å². The fourth-order valence-corrected chi connectivity index (χ4v) is 2.82. The van der Waals surface area contributed by atoms with Crippen LogP contribution in [0.2, 0.25) is 0 Å². The third-order valence-corrected chi connectivity index (χ3v) is 4.07. The maximum Gasteiger partial charge on any atom is 0.344 e. The number of hydrogen-bond acceptors (Lipinski definition) is 7. The van der Waals surface area contributed by atoms with Gasteiger partial charge in [-0.25, -0.2) is 4.79 Å². The SMILES string of the molecule is CCOC(=O)/C(C(=NCCc1ccc(OC)c(OC)c1)SC)=C(\C)O. The van der Waals surface area contributed by atoms with Crippen molar-refractivity contribution in [1.29, 1.82) is 0 Å². The third-order valence-electron chi connectivity index (χ3n) is 3.35. The number of esters is 1. The summed E-state index contributed by atoms with van der Waals surface area (Å²) in [6.45, 7) is 3.87. The molecule has 0 spiro atoms. The lowest BCUT2D eigenvalue weighted by Crippen LogP contribution is -2.16. The highest BCUT2D eigenvalue weighted by molar-refractivity contribution is 8.14. The molecule has 6 nitrogen and oxygen atoms in total. The minimum absolute atomic E-state index is 0.0994. The van der Waals surface area contributed by atoms with Crippen LogP contribution in [-0.2, 0) is 16.0 Å². The van der Waals surface area contributed by atoms with E-state index in [-0.39, 0.29) is 17.9 Å². The van der Waals surface area contributed by atoms with Gasteiger partial charge in [-0.2, -0.15) is 0 Å². The summed E-state index contributed by atoms with van der Waals surface area (Å²) in [5, 5.41) is 10.3. The van der Waals surface area contributed by atoms with Crippen LogP contribution < -0.4 is 9.47 Å². The molecule has 0 fully saturated rings. The Labute approximate surface area is 152 Å². The highest BCUT2D eigenvalue weighted by Crippen LogP contribution is 2.27. The Morgan fingerprint density at radius 1 is 1.24 bits per heavy atom. The van der Waals surface area contributed by atoms with Crippen molar-refractivity contribution in [2.24, 2.45) is 4.99 Å². The lowest BCUT2D eigenvalue weighted by molar-refractivity contribution is -0.138. The molecular weight excluding hydrogens is 342 g/mol. The van der Waals surface area contributed by atoms with E-state index in [4.69, 9.17) is 14.2 Å². The Morgan fingerprint density at radius 3 is 2.44 bits per heavy atom. The van der Waals surface area contributed by atoms with Gasteiger partial charge in [0.15, 0.2) is 11.5 Å². The number of thioether (sulfide) groups is 1. The second kappa shape index (κ2) is 10.7. The zero-order valence-corrected chi connectivity index (χ0v) is 16.1. The first-order valence-electron chi connectivity index (χ1n) is 7.85. The first-order chi connectivity index (χ1) is 12.0. The Hall–Kier alpha value is -2.15. The Bertz CT molecular complexity index is 651. The average molecular weight is 367 g/mol. The maximum atomic E-state index is 12.0. The first-order valence-corrected chi connectivity index (χ1v) is 9.07. The summed E-state index contributed by atoms with van der Waals surface area (Å²) in [5.74, 6) is 0.662. The molecule has 0 bridgehead atoms. The van der Waals surface area contributed by atoms with Gasteiger partial charge in [0, 0.05) is 6.54 Å². The zero-order valence-electron chi connectivity index (χ0n) is 15.3. The number of carbonyl (C=O) groups is 1. The van der Waals surface area contributed by atoms with Crippen molar-refractivity contribution in [2.75, 3.05) is 33.6 Å². The summed E-state index contributed by atoms with van der Waals surface area (Å²) in [4.78, 5) is 16.5. The molecule has 25 heavy (non-hydrogen) atoms. The summed E-state index contributed by atoms with van der Waals surface area (Å²) in [6.07, 6.45) is 2.46. The number of aliphatic hydroxyl groups excluding tert-OH is 1. The van der Waals surface area contributed by atoms with Gasteiger partial charge in [-0.05, 0) is 44.2 Å². The van der Waals surface area contributed by atoms with Crippen molar-refractivity contribution >= 4 is 22.8 Å². The fourth-order valence-electron chi connectivity index (χ4n) is 2.16. The van der Waals surface area contributed by atoms with Crippen LogP contribution in [0.25, 0.3) is 0 Å². The minimum atomic E-state index is -0.568. The average Bonchev–Trinajstić information content (AvgIpc) is 2.60. The van der Waals surface area contributed by atoms with Crippen LogP contribution in [-0.4, -0.2) is 49.7 Å². The second-order valence-electron chi connectivity index (χ2n) is 5.01. The highest BCUT2D eigenvalue weighted by Gasteiger charge is 2.20. The van der Waals surface area contributed by atoms with E-state index in [1.54, 1.807) is 27.4 Å². The summed E-state index contributed by atoms with van der Waals surface area (Å²) in [7, 11) is 3.18. The van der Waals surface area contributed by atoms with E-state index in [9.17, 15) is 9.90 Å². The number of rotatable bonds is 8. The van der Waals surface area contributed by atoms with Crippen LogP contribution in [0.1, 0.15) is 19.4 Å². The van der Waals surface area contributed by atoms with E-state index in [0.29, 0.717) is 29.5 Å². The molecule has 0 atom stereocenters. The lowest BCUT2D eigenvalue weighted by Gasteiger charge is -2.10. The topological polar surface area (TPSA) is 77.4 Å². The van der Waals surface area contributed by atoms with Crippen LogP contribution in [0.4, 0.5) is 0 Å². The molecule has 0 heterocycles. The largest absolute Gasteiger partial charge is 0.512 e. The summed E-state index contributed by atoms with van der Waals surface area (Å²) >= 11 is 1.30. The lowest BCUT2D eigenvalue weighted by atomic mass is 10.1. The van der Waals surface area contributed by atoms with Gasteiger partial charge in [0.2, 0.25) is 0 Å². The van der Waals surface area contributed by atoms with Crippen molar-refractivity contribution in [3.05, 3.63) is 35.1 Å². The van der Waals surface area contributed by atoms with Gasteiger partial charge >= 0.3 is 5.97 Å². The molecule has 0 radical (unpaired) electrons. The minimum Gasteiger partial charge on any atom is -0.512 e. The molecule has 0 aliphatic heterocycles. The molecule has 0 aromatic heterocycles. The molecule has 1 rings (SSSR count). The first kappa shape index (κ1) is 20.9. The number of carbonyl (C=O) groups excluding carboxylic acids is 1. The number of ether oxygens (including phenoxy) is 3. The fraction of sp³-hybridized carbons (Fsp3) is 0.444.